The van der Waals surface area contributed by atoms with Crippen molar-refractivity contribution in [2.24, 2.45) is 0 Å². The van der Waals surface area contributed by atoms with E-state index in [0.29, 0.717) is 6.61 Å². The van der Waals surface area contributed by atoms with E-state index in [1.165, 1.54) is 0 Å². The average Bonchev–Trinajstić information content (AvgIpc) is 2.27. The summed E-state index contributed by atoms with van der Waals surface area (Å²) in [6.07, 6.45) is 0.721. The van der Waals surface area contributed by atoms with Gasteiger partial charge in [-0.1, -0.05) is 18.2 Å². The summed E-state index contributed by atoms with van der Waals surface area (Å²) in [6, 6.07) is 7.02. The number of hydrogen-bond acceptors (Lipinski definition) is 3. The second kappa shape index (κ2) is 3.88. The Balaban J connectivity index is 2.33. The number of nitro groups is 1. The second-order valence-electron chi connectivity index (χ2n) is 3.81. The molecule has 0 saturated carbocycles. The molecule has 1 aromatic rings. The van der Waals surface area contributed by atoms with Crippen molar-refractivity contribution in [3.63, 3.8) is 0 Å². The predicted molar refractivity (Wildman–Crippen MR) is 55.8 cm³/mol. The fourth-order valence-corrected chi connectivity index (χ4v) is 2.02. The van der Waals surface area contributed by atoms with Crippen LogP contribution in [0.4, 0.5) is 0 Å². The molecule has 1 aliphatic rings. The predicted octanol–water partition coefficient (Wildman–Crippen LogP) is 2.22. The normalized spacial score (nSPS) is 21.3. The molecule has 0 bridgehead atoms. The maximum atomic E-state index is 10.8. The van der Waals surface area contributed by atoms with Crippen LogP contribution in [0.15, 0.2) is 24.3 Å². The Hall–Kier alpha value is -1.58. The number of para-hydroxylation sites is 1. The average molecular weight is 207 g/mol. The summed E-state index contributed by atoms with van der Waals surface area (Å²) in [7, 11) is 0. The summed E-state index contributed by atoms with van der Waals surface area (Å²) < 4.78 is 5.46. The second-order valence-corrected chi connectivity index (χ2v) is 3.81. The van der Waals surface area contributed by atoms with E-state index in [2.05, 4.69) is 0 Å². The van der Waals surface area contributed by atoms with E-state index in [1.807, 2.05) is 24.3 Å². The minimum atomic E-state index is -0.546. The van der Waals surface area contributed by atoms with E-state index in [9.17, 15) is 10.1 Å². The first kappa shape index (κ1) is 9.96. The van der Waals surface area contributed by atoms with Crippen molar-refractivity contribution >= 4 is 0 Å². The topological polar surface area (TPSA) is 52.4 Å². The lowest BCUT2D eigenvalue weighted by atomic mass is 9.88. The highest BCUT2D eigenvalue weighted by atomic mass is 16.6. The summed E-state index contributed by atoms with van der Waals surface area (Å²) >= 11 is 0. The quantitative estimate of drug-likeness (QED) is 0.552. The lowest BCUT2D eigenvalue weighted by Gasteiger charge is -2.26. The lowest BCUT2D eigenvalue weighted by molar-refractivity contribution is -0.522. The van der Waals surface area contributed by atoms with Gasteiger partial charge in [0.25, 0.3) is 0 Å². The molecule has 2 atom stereocenters. The van der Waals surface area contributed by atoms with E-state index >= 15 is 0 Å². The maximum Gasteiger partial charge on any atom is 0.217 e. The summed E-state index contributed by atoms with van der Waals surface area (Å²) in [6.45, 7) is 2.23. The number of nitrogens with zero attached hydrogens (tertiary/aromatic N) is 1. The third-order valence-corrected chi connectivity index (χ3v) is 2.92. The molecule has 1 aromatic carbocycles. The van der Waals surface area contributed by atoms with E-state index in [0.717, 1.165) is 17.7 Å². The summed E-state index contributed by atoms with van der Waals surface area (Å²) in [5.41, 5.74) is 0.966. The van der Waals surface area contributed by atoms with Crippen LogP contribution in [0.3, 0.4) is 0 Å². The van der Waals surface area contributed by atoms with E-state index in [1.54, 1.807) is 6.92 Å². The van der Waals surface area contributed by atoms with Gasteiger partial charge in [-0.15, -0.1) is 0 Å². The van der Waals surface area contributed by atoms with E-state index in [4.69, 9.17) is 4.74 Å². The maximum absolute atomic E-state index is 10.8. The largest absolute Gasteiger partial charge is 0.493 e. The van der Waals surface area contributed by atoms with Crippen LogP contribution in [0.2, 0.25) is 0 Å². The van der Waals surface area contributed by atoms with Gasteiger partial charge >= 0.3 is 0 Å². The molecular weight excluding hydrogens is 194 g/mol. The molecule has 0 radical (unpaired) electrons. The minimum Gasteiger partial charge on any atom is -0.493 e. The SMILES string of the molecule is CC([C@H]1CCOc2ccccc21)[N+](=O)[O-]. The number of hydrogen-bond donors (Lipinski definition) is 0. The molecule has 0 spiro atoms. The Morgan fingerprint density at radius 3 is 3.00 bits per heavy atom. The van der Waals surface area contributed by atoms with Crippen LogP contribution in [0.5, 0.6) is 5.75 Å². The first-order valence-electron chi connectivity index (χ1n) is 5.05. The van der Waals surface area contributed by atoms with Crippen molar-refractivity contribution < 1.29 is 9.66 Å². The summed E-state index contributed by atoms with van der Waals surface area (Å²) in [4.78, 5) is 10.6. The molecule has 80 valence electrons. The van der Waals surface area contributed by atoms with Gasteiger partial charge in [0.05, 0.1) is 12.5 Å². The van der Waals surface area contributed by atoms with Crippen molar-refractivity contribution in [1.82, 2.24) is 0 Å². The Morgan fingerprint density at radius 1 is 1.53 bits per heavy atom. The molecule has 0 fully saturated rings. The first-order valence-corrected chi connectivity index (χ1v) is 5.05. The Labute approximate surface area is 88.0 Å². The first-order chi connectivity index (χ1) is 7.20. The highest BCUT2D eigenvalue weighted by Gasteiger charge is 2.32. The molecule has 1 heterocycles. The third-order valence-electron chi connectivity index (χ3n) is 2.92. The molecule has 0 aromatic heterocycles. The minimum absolute atomic E-state index is 0.0232. The number of ether oxygens (including phenoxy) is 1. The van der Waals surface area contributed by atoms with Gasteiger partial charge < -0.3 is 4.74 Å². The molecule has 1 aliphatic heterocycles. The molecule has 0 aliphatic carbocycles. The van der Waals surface area contributed by atoms with Crippen LogP contribution in [-0.4, -0.2) is 17.6 Å². The van der Waals surface area contributed by atoms with E-state index < -0.39 is 6.04 Å². The highest BCUT2D eigenvalue weighted by molar-refractivity contribution is 5.38. The molecule has 0 saturated heterocycles. The Kier molecular flexibility index (Phi) is 2.58. The molecule has 15 heavy (non-hydrogen) atoms. The van der Waals surface area contributed by atoms with Crippen LogP contribution in [0.1, 0.15) is 24.8 Å². The van der Waals surface area contributed by atoms with Gasteiger partial charge in [0.1, 0.15) is 5.75 Å². The fraction of sp³-hybridized carbons (Fsp3) is 0.455. The Morgan fingerprint density at radius 2 is 2.27 bits per heavy atom. The van der Waals surface area contributed by atoms with Gasteiger partial charge in [0, 0.05) is 17.4 Å². The van der Waals surface area contributed by atoms with Gasteiger partial charge in [-0.2, -0.15) is 0 Å². The summed E-state index contributed by atoms with van der Waals surface area (Å²) in [5, 5.41) is 10.8. The van der Waals surface area contributed by atoms with Crippen molar-refractivity contribution in [3.8, 4) is 5.75 Å². The van der Waals surface area contributed by atoms with Crippen molar-refractivity contribution in [3.05, 3.63) is 39.9 Å². The van der Waals surface area contributed by atoms with Crippen molar-refractivity contribution in [2.45, 2.75) is 25.3 Å². The molecular formula is C11H13NO3. The van der Waals surface area contributed by atoms with Gasteiger partial charge in [-0.25, -0.2) is 0 Å². The van der Waals surface area contributed by atoms with Gasteiger partial charge in [-0.3, -0.25) is 10.1 Å². The fourth-order valence-electron chi connectivity index (χ4n) is 2.02. The smallest absolute Gasteiger partial charge is 0.217 e. The summed E-state index contributed by atoms with van der Waals surface area (Å²) in [5.74, 6) is 0.771. The van der Waals surface area contributed by atoms with Crippen molar-refractivity contribution in [2.75, 3.05) is 6.61 Å². The van der Waals surface area contributed by atoms with E-state index in [-0.39, 0.29) is 10.8 Å². The molecule has 1 unspecified atom stereocenters. The van der Waals surface area contributed by atoms with Crippen molar-refractivity contribution in [1.29, 1.82) is 0 Å². The van der Waals surface area contributed by atoms with Gasteiger partial charge in [-0.05, 0) is 12.5 Å². The zero-order valence-electron chi connectivity index (χ0n) is 8.55. The third kappa shape index (κ3) is 1.79. The molecule has 4 heteroatoms. The molecule has 0 N–H and O–H groups in total. The number of fused-ring (bicyclic) bond motifs is 1. The van der Waals surface area contributed by atoms with Crippen LogP contribution in [-0.2, 0) is 0 Å². The zero-order chi connectivity index (χ0) is 10.8. The molecule has 2 rings (SSSR count). The van der Waals surface area contributed by atoms with Gasteiger partial charge in [0.2, 0.25) is 6.04 Å². The van der Waals surface area contributed by atoms with Crippen LogP contribution in [0.25, 0.3) is 0 Å². The standard InChI is InChI=1S/C11H13NO3/c1-8(12(13)14)9-6-7-15-11-5-3-2-4-10(9)11/h2-5,8-9H,6-7H2,1H3/t8?,9-/m1/s1. The Bertz CT molecular complexity index is 378. The van der Waals surface area contributed by atoms with Crippen LogP contribution >= 0.6 is 0 Å². The number of benzene rings is 1. The van der Waals surface area contributed by atoms with Crippen LogP contribution < -0.4 is 4.74 Å². The molecule has 4 nitrogen and oxygen atoms in total. The van der Waals surface area contributed by atoms with Gasteiger partial charge in [0.15, 0.2) is 0 Å². The molecule has 0 amide bonds. The highest BCUT2D eigenvalue weighted by Crippen LogP contribution is 2.36. The number of rotatable bonds is 2. The van der Waals surface area contributed by atoms with Crippen LogP contribution in [0, 0.1) is 10.1 Å². The zero-order valence-corrected chi connectivity index (χ0v) is 8.55. The monoisotopic (exact) mass is 207 g/mol. The lowest BCUT2D eigenvalue weighted by Crippen LogP contribution is -2.28.